The predicted octanol–water partition coefficient (Wildman–Crippen LogP) is 2.94. The SMILES string of the molecule is OC1(CNCc2ccc(F)cc2)CCCN(Cc2ccccc2)C1. The Morgan fingerprint density at radius 2 is 1.79 bits per heavy atom. The van der Waals surface area contributed by atoms with Crippen molar-refractivity contribution in [1.82, 2.24) is 10.2 Å². The molecule has 1 aliphatic rings. The zero-order valence-electron chi connectivity index (χ0n) is 13.9. The molecule has 0 aromatic heterocycles. The topological polar surface area (TPSA) is 35.5 Å². The van der Waals surface area contributed by atoms with Crippen molar-refractivity contribution in [2.24, 2.45) is 0 Å². The lowest BCUT2D eigenvalue weighted by molar-refractivity contribution is -0.0320. The van der Waals surface area contributed by atoms with Crippen LogP contribution in [0.1, 0.15) is 24.0 Å². The molecule has 1 aliphatic heterocycles. The number of rotatable bonds is 6. The Morgan fingerprint density at radius 1 is 1.04 bits per heavy atom. The van der Waals surface area contributed by atoms with E-state index in [2.05, 4.69) is 34.5 Å². The molecule has 24 heavy (non-hydrogen) atoms. The van der Waals surface area contributed by atoms with E-state index in [1.54, 1.807) is 12.1 Å². The highest BCUT2D eigenvalue weighted by Crippen LogP contribution is 2.22. The summed E-state index contributed by atoms with van der Waals surface area (Å²) in [7, 11) is 0. The number of aliphatic hydroxyl groups is 1. The first-order valence-electron chi connectivity index (χ1n) is 8.57. The van der Waals surface area contributed by atoms with Crippen molar-refractivity contribution in [3.05, 3.63) is 71.5 Å². The molecule has 1 atom stereocenters. The van der Waals surface area contributed by atoms with Crippen molar-refractivity contribution < 1.29 is 9.50 Å². The number of nitrogens with one attached hydrogen (secondary N) is 1. The third kappa shape index (κ3) is 4.87. The van der Waals surface area contributed by atoms with Gasteiger partial charge in [-0.3, -0.25) is 4.90 Å². The van der Waals surface area contributed by atoms with Gasteiger partial charge in [0.2, 0.25) is 0 Å². The van der Waals surface area contributed by atoms with Crippen LogP contribution in [0.25, 0.3) is 0 Å². The van der Waals surface area contributed by atoms with Crippen LogP contribution in [0.5, 0.6) is 0 Å². The summed E-state index contributed by atoms with van der Waals surface area (Å²) in [6, 6.07) is 16.9. The smallest absolute Gasteiger partial charge is 0.123 e. The molecule has 2 aromatic carbocycles. The van der Waals surface area contributed by atoms with Crippen LogP contribution in [0.3, 0.4) is 0 Å². The lowest BCUT2D eigenvalue weighted by atomic mass is 9.92. The zero-order chi connectivity index (χ0) is 16.8. The van der Waals surface area contributed by atoms with Gasteiger partial charge in [0, 0.05) is 26.2 Å². The second-order valence-corrected chi connectivity index (χ2v) is 6.75. The third-order valence-electron chi connectivity index (χ3n) is 4.58. The summed E-state index contributed by atoms with van der Waals surface area (Å²) in [5, 5.41) is 14.2. The van der Waals surface area contributed by atoms with Gasteiger partial charge in [-0.2, -0.15) is 0 Å². The van der Waals surface area contributed by atoms with Gasteiger partial charge in [-0.25, -0.2) is 4.39 Å². The molecular weight excluding hydrogens is 303 g/mol. The van der Waals surface area contributed by atoms with Gasteiger partial charge in [-0.1, -0.05) is 42.5 Å². The fraction of sp³-hybridized carbons (Fsp3) is 0.400. The van der Waals surface area contributed by atoms with Crippen molar-refractivity contribution in [3.63, 3.8) is 0 Å². The number of likely N-dealkylation sites (tertiary alicyclic amines) is 1. The third-order valence-corrected chi connectivity index (χ3v) is 4.58. The molecule has 2 N–H and O–H groups in total. The van der Waals surface area contributed by atoms with Gasteiger partial charge < -0.3 is 10.4 Å². The second-order valence-electron chi connectivity index (χ2n) is 6.75. The molecule has 0 aliphatic carbocycles. The normalized spacial score (nSPS) is 21.8. The van der Waals surface area contributed by atoms with E-state index >= 15 is 0 Å². The van der Waals surface area contributed by atoms with Crippen LogP contribution in [0.2, 0.25) is 0 Å². The van der Waals surface area contributed by atoms with Crippen LogP contribution in [0.4, 0.5) is 4.39 Å². The summed E-state index contributed by atoms with van der Waals surface area (Å²) in [5.74, 6) is -0.221. The second kappa shape index (κ2) is 7.88. The maximum Gasteiger partial charge on any atom is 0.123 e. The summed E-state index contributed by atoms with van der Waals surface area (Å²) >= 11 is 0. The van der Waals surface area contributed by atoms with E-state index in [-0.39, 0.29) is 5.82 Å². The first-order valence-corrected chi connectivity index (χ1v) is 8.57. The molecule has 2 aromatic rings. The summed E-state index contributed by atoms with van der Waals surface area (Å²) in [5.41, 5.74) is 1.60. The molecule has 0 amide bonds. The Labute approximate surface area is 143 Å². The molecule has 1 unspecified atom stereocenters. The molecule has 0 radical (unpaired) electrons. The maximum absolute atomic E-state index is 12.9. The van der Waals surface area contributed by atoms with Gasteiger partial charge in [0.15, 0.2) is 0 Å². The van der Waals surface area contributed by atoms with E-state index in [4.69, 9.17) is 0 Å². The molecule has 1 saturated heterocycles. The van der Waals surface area contributed by atoms with Gasteiger partial charge in [0.1, 0.15) is 5.82 Å². The van der Waals surface area contributed by atoms with Crippen LogP contribution in [0.15, 0.2) is 54.6 Å². The standard InChI is InChI=1S/C20H25FN2O/c21-19-9-7-17(8-10-19)13-22-15-20(24)11-4-12-23(16-20)14-18-5-2-1-3-6-18/h1-3,5-10,22,24H,4,11-16H2. The van der Waals surface area contributed by atoms with Crippen molar-refractivity contribution >= 4 is 0 Å². The Balaban J connectivity index is 1.49. The highest BCUT2D eigenvalue weighted by atomic mass is 19.1. The maximum atomic E-state index is 12.9. The average Bonchev–Trinajstić information content (AvgIpc) is 2.58. The molecule has 0 spiro atoms. The Kier molecular flexibility index (Phi) is 5.61. The van der Waals surface area contributed by atoms with Gasteiger partial charge in [-0.05, 0) is 42.6 Å². The summed E-state index contributed by atoms with van der Waals surface area (Å²) < 4.78 is 12.9. The highest BCUT2D eigenvalue weighted by Gasteiger charge is 2.32. The largest absolute Gasteiger partial charge is 0.387 e. The van der Waals surface area contributed by atoms with Gasteiger partial charge in [0.25, 0.3) is 0 Å². The fourth-order valence-electron chi connectivity index (χ4n) is 3.37. The monoisotopic (exact) mass is 328 g/mol. The highest BCUT2D eigenvalue weighted by molar-refractivity contribution is 5.16. The fourth-order valence-corrected chi connectivity index (χ4v) is 3.37. The first-order chi connectivity index (χ1) is 11.6. The van der Waals surface area contributed by atoms with Crippen molar-refractivity contribution in [2.75, 3.05) is 19.6 Å². The average molecular weight is 328 g/mol. The molecule has 0 saturated carbocycles. The van der Waals surface area contributed by atoms with Crippen LogP contribution in [0, 0.1) is 5.82 Å². The Bertz CT molecular complexity index is 632. The molecule has 4 heteroatoms. The number of halogens is 1. The lowest BCUT2D eigenvalue weighted by Gasteiger charge is -2.39. The number of hydrogen-bond acceptors (Lipinski definition) is 3. The van der Waals surface area contributed by atoms with Crippen molar-refractivity contribution in [1.29, 1.82) is 0 Å². The van der Waals surface area contributed by atoms with Gasteiger partial charge in [0.05, 0.1) is 5.60 Å². The van der Waals surface area contributed by atoms with E-state index in [0.717, 1.165) is 31.5 Å². The predicted molar refractivity (Wildman–Crippen MR) is 94.0 cm³/mol. The number of hydrogen-bond donors (Lipinski definition) is 2. The zero-order valence-corrected chi connectivity index (χ0v) is 13.9. The molecule has 1 heterocycles. The molecule has 128 valence electrons. The van der Waals surface area contributed by atoms with Crippen LogP contribution >= 0.6 is 0 Å². The van der Waals surface area contributed by atoms with E-state index in [9.17, 15) is 9.50 Å². The van der Waals surface area contributed by atoms with Crippen molar-refractivity contribution in [2.45, 2.75) is 31.5 Å². The first kappa shape index (κ1) is 17.1. The van der Waals surface area contributed by atoms with E-state index in [0.29, 0.717) is 19.6 Å². The summed E-state index contributed by atoms with van der Waals surface area (Å²) in [6.45, 7) is 3.77. The summed E-state index contributed by atoms with van der Waals surface area (Å²) in [4.78, 5) is 2.32. The molecule has 3 rings (SSSR count). The number of piperidine rings is 1. The minimum atomic E-state index is -0.701. The van der Waals surface area contributed by atoms with Crippen molar-refractivity contribution in [3.8, 4) is 0 Å². The van der Waals surface area contributed by atoms with E-state index in [1.165, 1.54) is 17.7 Å². The Hall–Kier alpha value is -1.75. The lowest BCUT2D eigenvalue weighted by Crippen LogP contribution is -2.53. The van der Waals surface area contributed by atoms with Crippen LogP contribution in [-0.4, -0.2) is 35.2 Å². The van der Waals surface area contributed by atoms with Crippen LogP contribution in [-0.2, 0) is 13.1 Å². The Morgan fingerprint density at radius 3 is 2.54 bits per heavy atom. The van der Waals surface area contributed by atoms with Crippen LogP contribution < -0.4 is 5.32 Å². The minimum Gasteiger partial charge on any atom is -0.387 e. The number of β-amino-alcohol motifs (C(OH)–C–C–N with tert-alkyl or cyclic N) is 1. The van der Waals surface area contributed by atoms with Gasteiger partial charge >= 0.3 is 0 Å². The molecule has 3 nitrogen and oxygen atoms in total. The quantitative estimate of drug-likeness (QED) is 0.856. The summed E-state index contributed by atoms with van der Waals surface area (Å²) in [6.07, 6.45) is 1.82. The number of benzene rings is 2. The van der Waals surface area contributed by atoms with Gasteiger partial charge in [-0.15, -0.1) is 0 Å². The molecule has 1 fully saturated rings. The van der Waals surface area contributed by atoms with E-state index < -0.39 is 5.60 Å². The molecular formula is C20H25FN2O. The molecule has 0 bridgehead atoms. The number of nitrogens with zero attached hydrogens (tertiary/aromatic N) is 1. The van der Waals surface area contributed by atoms with E-state index in [1.807, 2.05) is 6.07 Å². The minimum absolute atomic E-state index is 0.221.